The molecular formula is C25H31F3N4O3. The van der Waals surface area contributed by atoms with Crippen molar-refractivity contribution in [2.45, 2.75) is 38.3 Å². The molecular weight excluding hydrogens is 461 g/mol. The van der Waals surface area contributed by atoms with Crippen LogP contribution in [0, 0.1) is 5.92 Å². The maximum atomic E-state index is 12.7. The second-order valence-electron chi connectivity index (χ2n) is 8.53. The molecule has 0 saturated heterocycles. The molecule has 0 atom stereocenters. The van der Waals surface area contributed by atoms with Gasteiger partial charge < -0.3 is 26.0 Å². The summed E-state index contributed by atoms with van der Waals surface area (Å²) in [7, 11) is 1.42. The average Bonchev–Trinajstić information content (AvgIpc) is 2.84. The molecule has 1 aliphatic carbocycles. The quantitative estimate of drug-likeness (QED) is 0.360. The maximum Gasteiger partial charge on any atom is 0.416 e. The van der Waals surface area contributed by atoms with E-state index in [1.54, 1.807) is 6.07 Å². The molecule has 0 bridgehead atoms. The number of hydrogen-bond donors (Lipinski definition) is 4. The number of benzene rings is 2. The van der Waals surface area contributed by atoms with Gasteiger partial charge >= 0.3 is 12.2 Å². The number of amides is 3. The van der Waals surface area contributed by atoms with Gasteiger partial charge in [0.1, 0.15) is 5.75 Å². The SMILES string of the molecule is COc1cc(NC(=O)Nc2ccc(C(F)(F)F)cc2)ccc1C(=O)NCCNCC1CCCCC1. The number of ether oxygens (including phenoxy) is 1. The molecule has 10 heteroatoms. The van der Waals surface area contributed by atoms with Crippen molar-refractivity contribution >= 4 is 23.3 Å². The highest BCUT2D eigenvalue weighted by atomic mass is 19.4. The highest BCUT2D eigenvalue weighted by Crippen LogP contribution is 2.30. The largest absolute Gasteiger partial charge is 0.496 e. The van der Waals surface area contributed by atoms with E-state index in [1.807, 2.05) is 0 Å². The summed E-state index contributed by atoms with van der Waals surface area (Å²) in [5, 5.41) is 11.3. The van der Waals surface area contributed by atoms with Crippen molar-refractivity contribution < 1.29 is 27.5 Å². The van der Waals surface area contributed by atoms with Crippen LogP contribution >= 0.6 is 0 Å². The third-order valence-corrected chi connectivity index (χ3v) is 5.92. The van der Waals surface area contributed by atoms with Crippen molar-refractivity contribution in [2.24, 2.45) is 5.92 Å². The van der Waals surface area contributed by atoms with Crippen molar-refractivity contribution in [3.8, 4) is 5.75 Å². The van der Waals surface area contributed by atoms with Crippen LogP contribution in [0.5, 0.6) is 5.75 Å². The Hall–Kier alpha value is -3.27. The van der Waals surface area contributed by atoms with E-state index in [0.717, 1.165) is 24.6 Å². The molecule has 1 saturated carbocycles. The van der Waals surface area contributed by atoms with Gasteiger partial charge in [-0.25, -0.2) is 4.79 Å². The molecule has 3 rings (SSSR count). The highest BCUT2D eigenvalue weighted by Gasteiger charge is 2.30. The summed E-state index contributed by atoms with van der Waals surface area (Å²) >= 11 is 0. The number of urea groups is 1. The Balaban J connectivity index is 1.47. The molecule has 0 unspecified atom stereocenters. The lowest BCUT2D eigenvalue weighted by Crippen LogP contribution is -2.34. The lowest BCUT2D eigenvalue weighted by molar-refractivity contribution is -0.137. The number of carbonyl (C=O) groups is 2. The molecule has 2 aromatic rings. The van der Waals surface area contributed by atoms with Gasteiger partial charge in [0.25, 0.3) is 5.91 Å². The Morgan fingerprint density at radius 2 is 1.60 bits per heavy atom. The first-order valence-corrected chi connectivity index (χ1v) is 11.7. The summed E-state index contributed by atoms with van der Waals surface area (Å²) < 4.78 is 43.3. The van der Waals surface area contributed by atoms with Crippen molar-refractivity contribution in [1.82, 2.24) is 10.6 Å². The van der Waals surface area contributed by atoms with Gasteiger partial charge in [-0.1, -0.05) is 19.3 Å². The van der Waals surface area contributed by atoms with Crippen LogP contribution in [0.2, 0.25) is 0 Å². The number of methoxy groups -OCH3 is 1. The first kappa shape index (κ1) is 26.3. The van der Waals surface area contributed by atoms with Gasteiger partial charge in [-0.15, -0.1) is 0 Å². The number of halogens is 3. The minimum atomic E-state index is -4.45. The van der Waals surface area contributed by atoms with Crippen molar-refractivity contribution in [3.63, 3.8) is 0 Å². The average molecular weight is 493 g/mol. The second-order valence-corrected chi connectivity index (χ2v) is 8.53. The summed E-state index contributed by atoms with van der Waals surface area (Å²) in [6.45, 7) is 2.12. The van der Waals surface area contributed by atoms with Crippen LogP contribution in [0.3, 0.4) is 0 Å². The molecule has 0 aromatic heterocycles. The minimum absolute atomic E-state index is 0.204. The summed E-state index contributed by atoms with van der Waals surface area (Å²) in [4.78, 5) is 24.8. The van der Waals surface area contributed by atoms with Crippen molar-refractivity contribution in [3.05, 3.63) is 53.6 Å². The topological polar surface area (TPSA) is 91.5 Å². The Bertz CT molecular complexity index is 990. The van der Waals surface area contributed by atoms with Crippen LogP contribution in [0.1, 0.15) is 48.0 Å². The standard InChI is InChI=1S/C25H31F3N4O3/c1-35-22-15-20(32-24(34)31-19-9-7-18(8-10-19)25(26,27)28)11-12-21(22)23(33)30-14-13-29-16-17-5-3-2-4-6-17/h7-12,15,17,29H,2-6,13-14,16H2,1H3,(H,30,33)(H2,31,32,34). The molecule has 7 nitrogen and oxygen atoms in total. The zero-order valence-corrected chi connectivity index (χ0v) is 19.6. The lowest BCUT2D eigenvalue weighted by Gasteiger charge is -2.21. The van der Waals surface area contributed by atoms with E-state index in [1.165, 1.54) is 63.5 Å². The predicted octanol–water partition coefficient (Wildman–Crippen LogP) is 5.26. The smallest absolute Gasteiger partial charge is 0.416 e. The van der Waals surface area contributed by atoms with Crippen LogP contribution < -0.4 is 26.0 Å². The Morgan fingerprint density at radius 1 is 0.943 bits per heavy atom. The Labute approximate surface area is 202 Å². The fourth-order valence-electron chi connectivity index (χ4n) is 4.05. The monoisotopic (exact) mass is 492 g/mol. The molecule has 3 amide bonds. The van der Waals surface area contributed by atoms with Gasteiger partial charge in [0.2, 0.25) is 0 Å². The predicted molar refractivity (Wildman–Crippen MR) is 129 cm³/mol. The van der Waals surface area contributed by atoms with E-state index in [4.69, 9.17) is 4.74 Å². The number of nitrogens with one attached hydrogen (secondary N) is 4. The number of carbonyl (C=O) groups excluding carboxylic acids is 2. The zero-order chi connectivity index (χ0) is 25.3. The van der Waals surface area contributed by atoms with Crippen LogP contribution in [0.4, 0.5) is 29.3 Å². The van der Waals surface area contributed by atoms with Gasteiger partial charge in [-0.05, 0) is 61.7 Å². The van der Waals surface area contributed by atoms with Crippen molar-refractivity contribution in [2.75, 3.05) is 37.4 Å². The van der Waals surface area contributed by atoms with Crippen LogP contribution in [-0.4, -0.2) is 38.7 Å². The molecule has 35 heavy (non-hydrogen) atoms. The molecule has 1 aliphatic rings. The molecule has 0 spiro atoms. The number of rotatable bonds is 9. The van der Waals surface area contributed by atoms with Crippen LogP contribution in [0.15, 0.2) is 42.5 Å². The summed E-state index contributed by atoms with van der Waals surface area (Å²) in [6.07, 6.45) is 2.00. The van der Waals surface area contributed by atoms with Gasteiger partial charge in [0.05, 0.1) is 18.2 Å². The Morgan fingerprint density at radius 3 is 2.26 bits per heavy atom. The van der Waals surface area contributed by atoms with Crippen LogP contribution in [-0.2, 0) is 6.18 Å². The van der Waals surface area contributed by atoms with Gasteiger partial charge in [0, 0.05) is 30.5 Å². The fraction of sp³-hybridized carbons (Fsp3) is 0.440. The molecule has 0 aliphatic heterocycles. The molecule has 0 heterocycles. The van der Waals surface area contributed by atoms with Gasteiger partial charge in [-0.3, -0.25) is 4.79 Å². The highest BCUT2D eigenvalue weighted by molar-refractivity contribution is 6.01. The number of hydrogen-bond acceptors (Lipinski definition) is 4. The summed E-state index contributed by atoms with van der Waals surface area (Å²) in [6, 6.07) is 8.05. The van der Waals surface area contributed by atoms with E-state index in [-0.39, 0.29) is 17.3 Å². The van der Waals surface area contributed by atoms with E-state index in [0.29, 0.717) is 24.3 Å². The molecule has 1 fully saturated rings. The van der Waals surface area contributed by atoms with E-state index in [9.17, 15) is 22.8 Å². The van der Waals surface area contributed by atoms with E-state index >= 15 is 0 Å². The molecule has 0 radical (unpaired) electrons. The van der Waals surface area contributed by atoms with Gasteiger partial charge in [0.15, 0.2) is 0 Å². The fourth-order valence-corrected chi connectivity index (χ4v) is 4.05. The summed E-state index contributed by atoms with van der Waals surface area (Å²) in [5.74, 6) is 0.711. The number of alkyl halides is 3. The first-order valence-electron chi connectivity index (χ1n) is 11.7. The van der Waals surface area contributed by atoms with Crippen LogP contribution in [0.25, 0.3) is 0 Å². The lowest BCUT2D eigenvalue weighted by atomic mass is 9.89. The molecule has 4 N–H and O–H groups in total. The first-order chi connectivity index (χ1) is 16.8. The second kappa shape index (κ2) is 12.4. The zero-order valence-electron chi connectivity index (χ0n) is 19.6. The normalized spacial score (nSPS) is 14.3. The third-order valence-electron chi connectivity index (χ3n) is 5.92. The Kier molecular flexibility index (Phi) is 9.36. The van der Waals surface area contributed by atoms with Crippen molar-refractivity contribution in [1.29, 1.82) is 0 Å². The van der Waals surface area contributed by atoms with E-state index < -0.39 is 17.8 Å². The maximum absolute atomic E-state index is 12.7. The number of anilines is 2. The minimum Gasteiger partial charge on any atom is -0.496 e. The van der Waals surface area contributed by atoms with Gasteiger partial charge in [-0.2, -0.15) is 13.2 Å². The molecule has 2 aromatic carbocycles. The molecule has 190 valence electrons. The summed E-state index contributed by atoms with van der Waals surface area (Å²) in [5.41, 5.74) is 0.0862. The third kappa shape index (κ3) is 8.17. The van der Waals surface area contributed by atoms with E-state index in [2.05, 4.69) is 21.3 Å².